The molecule has 8 rings (SSSR count). The molecule has 2 aliphatic rings. The second-order valence-corrected chi connectivity index (χ2v) is 21.6. The van der Waals surface area contributed by atoms with Crippen LogP contribution in [0.2, 0.25) is 0 Å². The maximum Gasteiger partial charge on any atom is 0.336 e. The summed E-state index contributed by atoms with van der Waals surface area (Å²) in [5.41, 5.74) is 10.2. The van der Waals surface area contributed by atoms with E-state index in [2.05, 4.69) is 64.9 Å². The van der Waals surface area contributed by atoms with Crippen molar-refractivity contribution >= 4 is 30.9 Å². The SMILES string of the molecule is C.Cc1ccc(C2CC(CCc3ccccc3)OS(=O)(=O)N2)cc1.Cc1ccc(CCC(CCc2ccccc2)OS(N)(=O)=O)cc1.Cc1ccc(CCC2CC(c3ccccc3)NS(=O)(=O)O2)cc1.[Ar].[HH]. The minimum atomic E-state index is -3.94. The van der Waals surface area contributed by atoms with Crippen LogP contribution >= 0.6 is 0 Å². The van der Waals surface area contributed by atoms with Crippen molar-refractivity contribution < 1.29 is 77.0 Å². The van der Waals surface area contributed by atoms with Gasteiger partial charge in [-0.05, 0) is 118 Å². The number of hydrogen-bond donors (Lipinski definition) is 3. The molecule has 6 aromatic carbocycles. The number of hydrogen-bond acceptors (Lipinski definition) is 9. The van der Waals surface area contributed by atoms with Gasteiger partial charge in [0, 0.05) is 39.2 Å². The van der Waals surface area contributed by atoms with Crippen molar-refractivity contribution in [1.82, 2.24) is 9.44 Å². The summed E-state index contributed by atoms with van der Waals surface area (Å²) in [6, 6.07) is 53.6. The predicted molar refractivity (Wildman–Crippen MR) is 282 cm³/mol. The molecule has 71 heavy (non-hydrogen) atoms. The zero-order chi connectivity index (χ0) is 49.3. The third-order valence-corrected chi connectivity index (χ3v) is 14.7. The van der Waals surface area contributed by atoms with Gasteiger partial charge >= 0.3 is 30.9 Å². The first-order valence-corrected chi connectivity index (χ1v) is 27.7. The van der Waals surface area contributed by atoms with Crippen LogP contribution < -0.4 is 14.6 Å². The smallest absolute Gasteiger partial charge is 0.255 e. The Kier molecular flexibility index (Phi) is 24.6. The van der Waals surface area contributed by atoms with Crippen LogP contribution in [-0.2, 0) is 69.1 Å². The van der Waals surface area contributed by atoms with Crippen LogP contribution in [0.3, 0.4) is 0 Å². The molecule has 12 nitrogen and oxygen atoms in total. The van der Waals surface area contributed by atoms with E-state index in [1.807, 2.05) is 129 Å². The molecule has 6 aromatic rings. The van der Waals surface area contributed by atoms with Crippen molar-refractivity contribution in [3.05, 3.63) is 214 Å². The summed E-state index contributed by atoms with van der Waals surface area (Å²) < 4.78 is 91.2. The predicted octanol–water partition coefficient (Wildman–Crippen LogP) is 10.6. The molecular formula is C55H71ArN3O9S3. The molecule has 5 unspecified atom stereocenters. The summed E-state index contributed by atoms with van der Waals surface area (Å²) in [6.07, 6.45) is 6.03. The van der Waals surface area contributed by atoms with Gasteiger partial charge in [-0.1, -0.05) is 188 Å². The summed E-state index contributed by atoms with van der Waals surface area (Å²) in [5, 5.41) is 5.04. The van der Waals surface area contributed by atoms with Gasteiger partial charge in [-0.3, -0.25) is 12.5 Å². The minimum absolute atomic E-state index is 0. The molecule has 2 heterocycles. The third-order valence-electron chi connectivity index (χ3n) is 12.0. The molecule has 2 aliphatic heterocycles. The van der Waals surface area contributed by atoms with E-state index >= 15 is 0 Å². The van der Waals surface area contributed by atoms with E-state index in [1.165, 1.54) is 27.8 Å². The zero-order valence-electron chi connectivity index (χ0n) is 39.9. The molecule has 5 atom stereocenters. The fraction of sp³-hybridized carbons (Fsp3) is 0.345. The van der Waals surface area contributed by atoms with E-state index in [-0.39, 0.29) is 70.9 Å². The molecule has 0 amide bonds. The van der Waals surface area contributed by atoms with E-state index in [9.17, 15) is 25.3 Å². The molecule has 2 saturated heterocycles. The summed E-state index contributed by atoms with van der Waals surface area (Å²) in [4.78, 5) is 0. The third kappa shape index (κ3) is 22.1. The van der Waals surface area contributed by atoms with Crippen LogP contribution in [0.5, 0.6) is 0 Å². The Balaban J connectivity index is 0.000000279. The Bertz CT molecular complexity index is 2730. The minimum Gasteiger partial charge on any atom is -0.255 e. The Hall–Kier alpha value is -3.81. The van der Waals surface area contributed by atoms with Gasteiger partial charge in [0.05, 0.1) is 30.4 Å². The van der Waals surface area contributed by atoms with Gasteiger partial charge < -0.3 is 0 Å². The topological polar surface area (TPSA) is 180 Å². The van der Waals surface area contributed by atoms with E-state index in [1.54, 1.807) is 0 Å². The summed E-state index contributed by atoms with van der Waals surface area (Å²) in [5.74, 6) is 0. The monoisotopic (exact) mass is 1050 g/mol. The molecule has 0 spiro atoms. The number of nitrogens with one attached hydrogen (secondary N) is 2. The van der Waals surface area contributed by atoms with Crippen molar-refractivity contribution in [2.75, 3.05) is 0 Å². The Labute approximate surface area is 455 Å². The average Bonchev–Trinajstić information content (AvgIpc) is 3.32. The normalized spacial score (nSPS) is 19.4. The molecule has 0 bridgehead atoms. The van der Waals surface area contributed by atoms with Gasteiger partial charge in [0.2, 0.25) is 0 Å². The van der Waals surface area contributed by atoms with E-state index in [0.29, 0.717) is 38.5 Å². The van der Waals surface area contributed by atoms with Crippen LogP contribution in [0.4, 0.5) is 0 Å². The number of aryl methyl sites for hydroxylation is 7. The van der Waals surface area contributed by atoms with Gasteiger partial charge in [-0.2, -0.15) is 34.7 Å². The summed E-state index contributed by atoms with van der Waals surface area (Å²) >= 11 is 0. The quantitative estimate of drug-likeness (QED) is 0.0850. The Morgan fingerprint density at radius 3 is 1.25 bits per heavy atom. The molecule has 4 N–H and O–H groups in total. The molecule has 0 aromatic heterocycles. The van der Waals surface area contributed by atoms with E-state index in [0.717, 1.165) is 47.9 Å². The van der Waals surface area contributed by atoms with Gasteiger partial charge in [0.25, 0.3) is 0 Å². The van der Waals surface area contributed by atoms with Crippen molar-refractivity contribution in [2.45, 2.75) is 123 Å². The van der Waals surface area contributed by atoms with Gasteiger partial charge in [0.15, 0.2) is 0 Å². The number of rotatable bonds is 16. The summed E-state index contributed by atoms with van der Waals surface area (Å²) in [7, 11) is -11.3. The molecule has 0 radical (unpaired) electrons. The fourth-order valence-electron chi connectivity index (χ4n) is 8.23. The standard InChI is InChI=1S/2C18H21NO3S.C18H23NO3S.CH4.Ar.H2/c1-14-7-10-16(11-8-14)18-13-17(22-23(20,21)19-18)12-9-15-5-3-2-4-6-15;1-14-7-9-15(10-8-14)11-12-17-13-18(19-23(20,21)22-17)16-5-3-2-4-6-16;1-15-7-9-17(10-8-15)12-14-18(22-23(19,20)21)13-11-16-5-3-2-4-6-16;;;/h2-8,10-11,17-19H,9,12-13H2,1H3;2-10,17-19H,11-13H2,1H3;2-10,18H,11-14H2,1H3,(H2,19,20,21);1H4;;1H. The first-order valence-electron chi connectivity index (χ1n) is 23.4. The van der Waals surface area contributed by atoms with Gasteiger partial charge in [-0.25, -0.2) is 5.14 Å². The maximum atomic E-state index is 12.0. The van der Waals surface area contributed by atoms with Gasteiger partial charge in [0.1, 0.15) is 0 Å². The van der Waals surface area contributed by atoms with Crippen molar-refractivity contribution in [1.29, 1.82) is 0 Å². The molecule has 2 fully saturated rings. The Morgan fingerprint density at radius 1 is 0.535 bits per heavy atom. The Morgan fingerprint density at radius 2 is 0.859 bits per heavy atom. The molecule has 0 aliphatic carbocycles. The average molecular weight is 1050 g/mol. The van der Waals surface area contributed by atoms with Crippen LogP contribution in [0.25, 0.3) is 0 Å². The number of nitrogens with two attached hydrogens (primary N) is 1. The summed E-state index contributed by atoms with van der Waals surface area (Å²) in [6.45, 7) is 6.11. The second kappa shape index (κ2) is 29.2. The van der Waals surface area contributed by atoms with Crippen molar-refractivity contribution in [2.24, 2.45) is 5.14 Å². The van der Waals surface area contributed by atoms with E-state index in [4.69, 9.17) is 17.7 Å². The van der Waals surface area contributed by atoms with Crippen LogP contribution in [-0.4, -0.2) is 43.6 Å². The van der Waals surface area contributed by atoms with Crippen LogP contribution in [0, 0.1) is 58.5 Å². The van der Waals surface area contributed by atoms with E-state index < -0.39 is 37.0 Å². The molecule has 16 heteroatoms. The van der Waals surface area contributed by atoms with Crippen LogP contribution in [0.15, 0.2) is 164 Å². The zero-order valence-corrected chi connectivity index (χ0v) is 43.0. The second-order valence-electron chi connectivity index (χ2n) is 17.8. The molecule has 0 saturated carbocycles. The molecule has 386 valence electrons. The number of benzene rings is 6. The van der Waals surface area contributed by atoms with Gasteiger partial charge in [-0.15, -0.1) is 0 Å². The van der Waals surface area contributed by atoms with Crippen LogP contribution in [0.1, 0.15) is 110 Å². The first-order chi connectivity index (χ1) is 33.0. The largest absolute Gasteiger partial charge is 0.336 e. The fourth-order valence-corrected chi connectivity index (χ4v) is 11.1. The van der Waals surface area contributed by atoms with Crippen molar-refractivity contribution in [3.8, 4) is 0 Å². The maximum absolute atomic E-state index is 12.0. The van der Waals surface area contributed by atoms with Crippen molar-refractivity contribution in [3.63, 3.8) is 0 Å². The molecular weight excluding hydrogens is 983 g/mol. The first kappa shape index (κ1) is 59.7.